The normalized spacial score (nSPS) is 15.2. The second-order valence-corrected chi connectivity index (χ2v) is 6.94. The van der Waals surface area contributed by atoms with Gasteiger partial charge in [-0.15, -0.1) is 0 Å². The molecule has 168 valence electrons. The van der Waals surface area contributed by atoms with E-state index < -0.39 is 12.8 Å². The van der Waals surface area contributed by atoms with Crippen molar-refractivity contribution >= 4 is 11.9 Å². The van der Waals surface area contributed by atoms with Crippen LogP contribution in [0.3, 0.4) is 0 Å². The summed E-state index contributed by atoms with van der Waals surface area (Å²) in [5.74, 6) is 0.957. The summed E-state index contributed by atoms with van der Waals surface area (Å²) in [6.45, 7) is 3.56. The Bertz CT molecular complexity index is 876. The van der Waals surface area contributed by atoms with Crippen molar-refractivity contribution in [2.45, 2.75) is 19.6 Å². The highest BCUT2D eigenvalue weighted by Gasteiger charge is 2.29. The Morgan fingerprint density at radius 1 is 1.13 bits per heavy atom. The molecule has 0 bridgehead atoms. The lowest BCUT2D eigenvalue weighted by molar-refractivity contribution is -0.153. The van der Waals surface area contributed by atoms with E-state index in [1.807, 2.05) is 11.8 Å². The first-order valence-electron chi connectivity index (χ1n) is 10.0. The van der Waals surface area contributed by atoms with Gasteiger partial charge in [0.15, 0.2) is 18.3 Å². The molecule has 1 aromatic heterocycles. The minimum absolute atomic E-state index is 0.151. The fraction of sp³-hybridized carbons (Fsp3) is 0.429. The van der Waals surface area contributed by atoms with Crippen molar-refractivity contribution in [2.24, 2.45) is 4.99 Å². The third-order valence-corrected chi connectivity index (χ3v) is 4.70. The van der Waals surface area contributed by atoms with Crippen LogP contribution in [0.5, 0.6) is 5.75 Å². The number of aliphatic imine (C=N–C) groups is 1. The van der Waals surface area contributed by atoms with E-state index in [-0.39, 0.29) is 18.2 Å². The summed E-state index contributed by atoms with van der Waals surface area (Å²) < 4.78 is 47.6. The number of alkyl halides is 3. The van der Waals surface area contributed by atoms with Gasteiger partial charge in [0.25, 0.3) is 5.91 Å². The zero-order valence-corrected chi connectivity index (χ0v) is 17.2. The molecule has 0 unspecified atom stereocenters. The van der Waals surface area contributed by atoms with Gasteiger partial charge < -0.3 is 24.3 Å². The maximum absolute atomic E-state index is 12.5. The highest BCUT2D eigenvalue weighted by molar-refractivity contribution is 5.91. The molecule has 3 rings (SSSR count). The molecule has 1 amide bonds. The highest BCUT2D eigenvalue weighted by atomic mass is 19.4. The Morgan fingerprint density at radius 3 is 2.48 bits per heavy atom. The number of hydrogen-bond donors (Lipinski definition) is 1. The number of rotatable bonds is 6. The first-order chi connectivity index (χ1) is 14.9. The van der Waals surface area contributed by atoms with Gasteiger partial charge in [-0.25, -0.2) is 4.99 Å². The van der Waals surface area contributed by atoms with Crippen LogP contribution in [-0.2, 0) is 6.54 Å². The predicted molar refractivity (Wildman–Crippen MR) is 109 cm³/mol. The number of guanidine groups is 1. The average Bonchev–Trinajstić information content (AvgIpc) is 3.30. The van der Waals surface area contributed by atoms with E-state index in [2.05, 4.69) is 10.3 Å². The number of halogens is 3. The molecule has 1 aliphatic rings. The van der Waals surface area contributed by atoms with Gasteiger partial charge in [-0.2, -0.15) is 13.2 Å². The fourth-order valence-electron chi connectivity index (χ4n) is 3.20. The Balaban J connectivity index is 1.63. The molecule has 0 radical (unpaired) electrons. The predicted octanol–water partition coefficient (Wildman–Crippen LogP) is 3.14. The number of hydrogen-bond acceptors (Lipinski definition) is 4. The molecule has 7 nitrogen and oxygen atoms in total. The SMILES string of the molecule is CCNC(=NCc1ccccc1OCC(F)(F)F)N1CCN(C(=O)c2ccco2)CC1. The molecule has 0 spiro atoms. The van der Waals surface area contributed by atoms with Gasteiger partial charge in [0, 0.05) is 38.3 Å². The van der Waals surface area contributed by atoms with E-state index in [0.717, 1.165) is 0 Å². The van der Waals surface area contributed by atoms with Crippen molar-refractivity contribution in [3.8, 4) is 5.75 Å². The lowest BCUT2D eigenvalue weighted by atomic mass is 10.2. The van der Waals surface area contributed by atoms with Crippen LogP contribution in [-0.4, -0.2) is 67.2 Å². The quantitative estimate of drug-likeness (QED) is 0.554. The van der Waals surface area contributed by atoms with E-state index in [1.165, 1.54) is 12.3 Å². The van der Waals surface area contributed by atoms with Crippen LogP contribution in [0.4, 0.5) is 13.2 Å². The van der Waals surface area contributed by atoms with E-state index in [4.69, 9.17) is 9.15 Å². The minimum atomic E-state index is -4.40. The van der Waals surface area contributed by atoms with Crippen LogP contribution in [0, 0.1) is 0 Å². The molecule has 0 aliphatic carbocycles. The molecule has 0 saturated carbocycles. The van der Waals surface area contributed by atoms with Crippen LogP contribution in [0.2, 0.25) is 0 Å². The largest absolute Gasteiger partial charge is 0.484 e. The molecule has 1 N–H and O–H groups in total. The number of ether oxygens (including phenoxy) is 1. The number of nitrogens with one attached hydrogen (secondary N) is 1. The molecule has 31 heavy (non-hydrogen) atoms. The number of carbonyl (C=O) groups is 1. The van der Waals surface area contributed by atoms with E-state index >= 15 is 0 Å². The topological polar surface area (TPSA) is 70.3 Å². The summed E-state index contributed by atoms with van der Waals surface area (Å²) in [7, 11) is 0. The zero-order chi connectivity index (χ0) is 22.3. The third-order valence-electron chi connectivity index (χ3n) is 4.70. The lowest BCUT2D eigenvalue weighted by Crippen LogP contribution is -2.53. The Kier molecular flexibility index (Phi) is 7.43. The molecule has 2 heterocycles. The van der Waals surface area contributed by atoms with Gasteiger partial charge in [-0.3, -0.25) is 4.79 Å². The van der Waals surface area contributed by atoms with Crippen molar-refractivity contribution in [1.82, 2.24) is 15.1 Å². The summed E-state index contributed by atoms with van der Waals surface area (Å²) in [6.07, 6.45) is -2.94. The van der Waals surface area contributed by atoms with Gasteiger partial charge in [0.1, 0.15) is 5.75 Å². The molecule has 0 atom stereocenters. The molecule has 1 saturated heterocycles. The van der Waals surface area contributed by atoms with Crippen molar-refractivity contribution in [1.29, 1.82) is 0 Å². The first kappa shape index (κ1) is 22.5. The summed E-state index contributed by atoms with van der Waals surface area (Å²) in [5, 5.41) is 3.20. The smallest absolute Gasteiger partial charge is 0.422 e. The molecule has 1 aromatic carbocycles. The van der Waals surface area contributed by atoms with Crippen LogP contribution in [0.25, 0.3) is 0 Å². The van der Waals surface area contributed by atoms with Gasteiger partial charge in [0.05, 0.1) is 12.8 Å². The van der Waals surface area contributed by atoms with Crippen LogP contribution >= 0.6 is 0 Å². The van der Waals surface area contributed by atoms with Crippen molar-refractivity contribution < 1.29 is 27.1 Å². The molecule has 1 fully saturated rings. The first-order valence-corrected chi connectivity index (χ1v) is 10.0. The monoisotopic (exact) mass is 438 g/mol. The molecule has 2 aromatic rings. The van der Waals surface area contributed by atoms with Gasteiger partial charge >= 0.3 is 6.18 Å². The minimum Gasteiger partial charge on any atom is -0.484 e. The highest BCUT2D eigenvalue weighted by Crippen LogP contribution is 2.23. The number of amides is 1. The third kappa shape index (κ3) is 6.40. The summed E-state index contributed by atoms with van der Waals surface area (Å²) in [6, 6.07) is 9.87. The summed E-state index contributed by atoms with van der Waals surface area (Å²) in [5.41, 5.74) is 0.564. The fourth-order valence-corrected chi connectivity index (χ4v) is 3.20. The zero-order valence-electron chi connectivity index (χ0n) is 17.2. The number of piperazine rings is 1. The maximum Gasteiger partial charge on any atom is 0.422 e. The lowest BCUT2D eigenvalue weighted by Gasteiger charge is -2.36. The van der Waals surface area contributed by atoms with E-state index in [0.29, 0.717) is 50.0 Å². The number of para-hydroxylation sites is 1. The van der Waals surface area contributed by atoms with Crippen LogP contribution < -0.4 is 10.1 Å². The van der Waals surface area contributed by atoms with Gasteiger partial charge in [-0.05, 0) is 25.1 Å². The van der Waals surface area contributed by atoms with Crippen molar-refractivity contribution in [3.63, 3.8) is 0 Å². The number of carbonyl (C=O) groups excluding carboxylic acids is 1. The standard InChI is InChI=1S/C21H25F3N4O3/c1-2-25-20(26-14-16-6-3-4-7-17(16)31-15-21(22,23)24)28-11-9-27(10-12-28)19(29)18-8-5-13-30-18/h3-8,13H,2,9-12,14-15H2,1H3,(H,25,26). The molecular formula is C21H25F3N4O3. The average molecular weight is 438 g/mol. The van der Waals surface area contributed by atoms with Gasteiger partial charge in [-0.1, -0.05) is 18.2 Å². The Hall–Kier alpha value is -3.17. The summed E-state index contributed by atoms with van der Waals surface area (Å²) >= 11 is 0. The van der Waals surface area contributed by atoms with E-state index in [9.17, 15) is 18.0 Å². The molecule has 1 aliphatic heterocycles. The van der Waals surface area contributed by atoms with Crippen LogP contribution in [0.15, 0.2) is 52.1 Å². The number of benzene rings is 1. The Morgan fingerprint density at radius 2 is 1.84 bits per heavy atom. The van der Waals surface area contributed by atoms with E-state index in [1.54, 1.807) is 35.2 Å². The maximum atomic E-state index is 12.5. The van der Waals surface area contributed by atoms with Crippen LogP contribution in [0.1, 0.15) is 23.0 Å². The second kappa shape index (κ2) is 10.2. The number of nitrogens with zero attached hydrogens (tertiary/aromatic N) is 3. The van der Waals surface area contributed by atoms with Crippen molar-refractivity contribution in [2.75, 3.05) is 39.3 Å². The number of furan rings is 1. The molecular weight excluding hydrogens is 413 g/mol. The van der Waals surface area contributed by atoms with Crippen molar-refractivity contribution in [3.05, 3.63) is 54.0 Å². The molecule has 10 heteroatoms. The Labute approximate surface area is 178 Å². The second-order valence-electron chi connectivity index (χ2n) is 6.94. The summed E-state index contributed by atoms with van der Waals surface area (Å²) in [4.78, 5) is 20.7. The van der Waals surface area contributed by atoms with Gasteiger partial charge in [0.2, 0.25) is 0 Å².